The first-order chi connectivity index (χ1) is 11.7. The van der Waals surface area contributed by atoms with Gasteiger partial charge in [0.15, 0.2) is 0 Å². The first-order valence-electron chi connectivity index (χ1n) is 8.33. The SMILES string of the molecule is Cc1ccc2c(c1)OCc1cc(CC(=O)OC(C)(C)C)n(C)c1C2=O. The van der Waals surface area contributed by atoms with Gasteiger partial charge >= 0.3 is 5.97 Å². The molecule has 2 heterocycles. The summed E-state index contributed by atoms with van der Waals surface area (Å²) < 4.78 is 13.0. The van der Waals surface area contributed by atoms with Gasteiger partial charge in [-0.15, -0.1) is 0 Å². The molecule has 25 heavy (non-hydrogen) atoms. The van der Waals surface area contributed by atoms with E-state index >= 15 is 0 Å². The molecule has 0 radical (unpaired) electrons. The second-order valence-electron chi connectivity index (χ2n) is 7.45. The maximum absolute atomic E-state index is 13.0. The number of benzene rings is 1. The average molecular weight is 341 g/mol. The number of hydrogen-bond acceptors (Lipinski definition) is 4. The molecule has 0 amide bonds. The van der Waals surface area contributed by atoms with E-state index in [1.807, 2.05) is 45.9 Å². The van der Waals surface area contributed by atoms with Crippen molar-refractivity contribution >= 4 is 11.8 Å². The van der Waals surface area contributed by atoms with Crippen molar-refractivity contribution in [2.45, 2.75) is 46.3 Å². The van der Waals surface area contributed by atoms with Crippen LogP contribution in [0.2, 0.25) is 0 Å². The highest BCUT2D eigenvalue weighted by atomic mass is 16.6. The molecular formula is C20H23NO4. The molecule has 132 valence electrons. The lowest BCUT2D eigenvalue weighted by Gasteiger charge is -2.19. The Balaban J connectivity index is 1.94. The summed E-state index contributed by atoms with van der Waals surface area (Å²) in [6, 6.07) is 7.43. The van der Waals surface area contributed by atoms with Gasteiger partial charge in [0, 0.05) is 18.3 Å². The Morgan fingerprint density at radius 1 is 1.28 bits per heavy atom. The van der Waals surface area contributed by atoms with E-state index in [2.05, 4.69) is 0 Å². The van der Waals surface area contributed by atoms with Crippen molar-refractivity contribution in [2.24, 2.45) is 7.05 Å². The van der Waals surface area contributed by atoms with Crippen molar-refractivity contribution in [2.75, 3.05) is 0 Å². The summed E-state index contributed by atoms with van der Waals surface area (Å²) in [4.78, 5) is 25.1. The van der Waals surface area contributed by atoms with Crippen LogP contribution in [0.1, 0.15) is 53.6 Å². The van der Waals surface area contributed by atoms with Crippen LogP contribution in [0.15, 0.2) is 24.3 Å². The smallest absolute Gasteiger partial charge is 0.312 e. The number of ketones is 1. The van der Waals surface area contributed by atoms with Crippen LogP contribution >= 0.6 is 0 Å². The molecule has 5 nitrogen and oxygen atoms in total. The van der Waals surface area contributed by atoms with Crippen molar-refractivity contribution in [3.8, 4) is 5.75 Å². The molecule has 1 aromatic heterocycles. The van der Waals surface area contributed by atoms with E-state index < -0.39 is 5.60 Å². The fraction of sp³-hybridized carbons (Fsp3) is 0.400. The molecule has 1 aromatic carbocycles. The molecule has 0 spiro atoms. The Morgan fingerprint density at radius 2 is 2.00 bits per heavy atom. The number of hydrogen-bond donors (Lipinski definition) is 0. The molecule has 1 aliphatic rings. The molecule has 0 saturated carbocycles. The van der Waals surface area contributed by atoms with Gasteiger partial charge in [-0.3, -0.25) is 9.59 Å². The van der Waals surface area contributed by atoms with E-state index in [4.69, 9.17) is 9.47 Å². The van der Waals surface area contributed by atoms with Gasteiger partial charge in [0.1, 0.15) is 18.0 Å². The van der Waals surface area contributed by atoms with Gasteiger partial charge in [-0.1, -0.05) is 6.07 Å². The monoisotopic (exact) mass is 341 g/mol. The maximum atomic E-state index is 13.0. The highest BCUT2D eigenvalue weighted by Crippen LogP contribution is 2.31. The number of rotatable bonds is 2. The molecule has 0 fully saturated rings. The van der Waals surface area contributed by atoms with Crippen LogP contribution in [0.4, 0.5) is 0 Å². The molecular weight excluding hydrogens is 318 g/mol. The summed E-state index contributed by atoms with van der Waals surface area (Å²) in [5.74, 6) is 0.211. The minimum absolute atomic E-state index is 0.0829. The minimum Gasteiger partial charge on any atom is -0.488 e. The standard InChI is InChI=1S/C20H23NO4/c1-12-6-7-15-16(8-12)24-11-13-9-14(21(5)18(13)19(15)23)10-17(22)25-20(2,3)4/h6-9H,10-11H2,1-5H3. The summed E-state index contributed by atoms with van der Waals surface area (Å²) in [6.45, 7) is 7.77. The molecule has 0 atom stereocenters. The molecule has 0 bridgehead atoms. The van der Waals surface area contributed by atoms with Crippen LogP contribution in [0.5, 0.6) is 5.75 Å². The normalized spacial score (nSPS) is 13.6. The number of aromatic nitrogens is 1. The molecule has 0 unspecified atom stereocenters. The predicted molar refractivity (Wildman–Crippen MR) is 93.9 cm³/mol. The van der Waals surface area contributed by atoms with Crippen LogP contribution < -0.4 is 4.74 Å². The Kier molecular flexibility index (Phi) is 4.19. The number of fused-ring (bicyclic) bond motifs is 2. The van der Waals surface area contributed by atoms with E-state index in [0.717, 1.165) is 16.8 Å². The first kappa shape index (κ1) is 17.3. The summed E-state index contributed by atoms with van der Waals surface area (Å²) in [6.07, 6.45) is 0.120. The van der Waals surface area contributed by atoms with Crippen LogP contribution in [0.25, 0.3) is 0 Å². The number of aryl methyl sites for hydroxylation is 1. The molecule has 1 aliphatic heterocycles. The van der Waals surface area contributed by atoms with Crippen LogP contribution in [0.3, 0.4) is 0 Å². The first-order valence-corrected chi connectivity index (χ1v) is 8.33. The van der Waals surface area contributed by atoms with Crippen molar-refractivity contribution in [1.82, 2.24) is 4.57 Å². The van der Waals surface area contributed by atoms with E-state index in [-0.39, 0.29) is 18.2 Å². The largest absolute Gasteiger partial charge is 0.488 e. The van der Waals surface area contributed by atoms with Crippen LogP contribution in [-0.4, -0.2) is 21.9 Å². The third-order valence-corrected chi connectivity index (χ3v) is 4.14. The van der Waals surface area contributed by atoms with Crippen molar-refractivity contribution in [1.29, 1.82) is 0 Å². The Morgan fingerprint density at radius 3 is 2.68 bits per heavy atom. The third-order valence-electron chi connectivity index (χ3n) is 4.14. The molecule has 0 N–H and O–H groups in total. The van der Waals surface area contributed by atoms with E-state index in [1.54, 1.807) is 17.7 Å². The zero-order valence-corrected chi connectivity index (χ0v) is 15.3. The molecule has 5 heteroatoms. The van der Waals surface area contributed by atoms with Gasteiger partial charge < -0.3 is 14.0 Å². The maximum Gasteiger partial charge on any atom is 0.312 e. The van der Waals surface area contributed by atoms with Crippen LogP contribution in [-0.2, 0) is 29.6 Å². The zero-order chi connectivity index (χ0) is 18.4. The summed E-state index contributed by atoms with van der Waals surface area (Å²) in [5.41, 5.74) is 3.17. The van der Waals surface area contributed by atoms with E-state index in [0.29, 0.717) is 23.6 Å². The third kappa shape index (κ3) is 3.45. The lowest BCUT2D eigenvalue weighted by atomic mass is 10.0. The topological polar surface area (TPSA) is 57.5 Å². The Bertz CT molecular complexity index is 855. The molecule has 0 aliphatic carbocycles. The second-order valence-corrected chi connectivity index (χ2v) is 7.45. The molecule has 2 aromatic rings. The number of ether oxygens (including phenoxy) is 2. The summed E-state index contributed by atoms with van der Waals surface area (Å²) in [7, 11) is 1.80. The average Bonchev–Trinajstić information content (AvgIpc) is 2.71. The van der Waals surface area contributed by atoms with Crippen LogP contribution in [0, 0.1) is 6.92 Å². The van der Waals surface area contributed by atoms with Gasteiger partial charge in [-0.2, -0.15) is 0 Å². The summed E-state index contributed by atoms with van der Waals surface area (Å²) >= 11 is 0. The van der Waals surface area contributed by atoms with Gasteiger partial charge in [-0.25, -0.2) is 0 Å². The quantitative estimate of drug-likeness (QED) is 0.786. The lowest BCUT2D eigenvalue weighted by molar-refractivity contribution is -0.154. The van der Waals surface area contributed by atoms with E-state index in [9.17, 15) is 9.59 Å². The Hall–Kier alpha value is -2.56. The van der Waals surface area contributed by atoms with E-state index in [1.165, 1.54) is 0 Å². The minimum atomic E-state index is -0.533. The van der Waals surface area contributed by atoms with Gasteiger partial charge in [-0.05, 0) is 51.5 Å². The zero-order valence-electron chi connectivity index (χ0n) is 15.3. The highest BCUT2D eigenvalue weighted by molar-refractivity contribution is 6.11. The fourth-order valence-electron chi connectivity index (χ4n) is 3.05. The van der Waals surface area contributed by atoms with Crippen molar-refractivity contribution < 1.29 is 19.1 Å². The van der Waals surface area contributed by atoms with Gasteiger partial charge in [0.25, 0.3) is 0 Å². The van der Waals surface area contributed by atoms with Gasteiger partial charge in [0.05, 0.1) is 17.7 Å². The molecule has 3 rings (SSSR count). The number of carbonyl (C=O) groups is 2. The fourth-order valence-corrected chi connectivity index (χ4v) is 3.05. The lowest BCUT2D eigenvalue weighted by Crippen LogP contribution is -2.25. The molecule has 0 saturated heterocycles. The number of carbonyl (C=O) groups excluding carboxylic acids is 2. The van der Waals surface area contributed by atoms with Gasteiger partial charge in [0.2, 0.25) is 5.78 Å². The van der Waals surface area contributed by atoms with Crippen molar-refractivity contribution in [3.63, 3.8) is 0 Å². The highest BCUT2D eigenvalue weighted by Gasteiger charge is 2.28. The number of esters is 1. The second kappa shape index (κ2) is 6.06. The predicted octanol–water partition coefficient (Wildman–Crippen LogP) is 3.34. The Labute approximate surface area is 147 Å². The van der Waals surface area contributed by atoms with Crippen molar-refractivity contribution in [3.05, 3.63) is 52.3 Å². The summed E-state index contributed by atoms with van der Waals surface area (Å²) in [5, 5.41) is 0. The number of nitrogens with zero attached hydrogens (tertiary/aromatic N) is 1.